The Bertz CT molecular complexity index is 722. The smallest absolute Gasteiger partial charge is 0.207 e. The second-order valence-corrected chi connectivity index (χ2v) is 5.98. The minimum atomic E-state index is -2.18. The van der Waals surface area contributed by atoms with E-state index in [1.165, 1.54) is 0 Å². The normalized spacial score (nSPS) is 15.6. The van der Waals surface area contributed by atoms with Crippen molar-refractivity contribution in [1.29, 1.82) is 0 Å². The molecule has 1 aliphatic heterocycles. The van der Waals surface area contributed by atoms with E-state index in [1.807, 2.05) is 30.3 Å². The Hall–Kier alpha value is -1.86. The van der Waals surface area contributed by atoms with Gasteiger partial charge in [0.15, 0.2) is 5.75 Å². The molecule has 1 saturated heterocycles. The van der Waals surface area contributed by atoms with Crippen molar-refractivity contribution >= 4 is 12.4 Å². The van der Waals surface area contributed by atoms with Crippen LogP contribution in [0.2, 0.25) is 0 Å². The predicted octanol–water partition coefficient (Wildman–Crippen LogP) is 4.85. The van der Waals surface area contributed by atoms with Gasteiger partial charge < -0.3 is 4.74 Å². The zero-order chi connectivity index (χ0) is 18.0. The van der Waals surface area contributed by atoms with Gasteiger partial charge in [0.25, 0.3) is 0 Å². The summed E-state index contributed by atoms with van der Waals surface area (Å²) in [5, 5.41) is 0. The zero-order valence-electron chi connectivity index (χ0n) is 13.7. The van der Waals surface area contributed by atoms with Gasteiger partial charge in [-0.25, -0.2) is 13.2 Å². The van der Waals surface area contributed by atoms with E-state index in [1.54, 1.807) is 0 Å². The average Bonchev–Trinajstić information content (AvgIpc) is 2.64. The van der Waals surface area contributed by atoms with Crippen LogP contribution in [0.3, 0.4) is 0 Å². The van der Waals surface area contributed by atoms with Gasteiger partial charge in [0.05, 0.1) is 0 Å². The second kappa shape index (κ2) is 8.68. The summed E-state index contributed by atoms with van der Waals surface area (Å²) in [6.07, 6.45) is 0.277. The molecule has 0 N–H and O–H groups in total. The monoisotopic (exact) mass is 393 g/mol. The van der Waals surface area contributed by atoms with E-state index in [4.69, 9.17) is 4.74 Å². The van der Waals surface area contributed by atoms with E-state index < -0.39 is 40.9 Å². The molecule has 0 amide bonds. The van der Waals surface area contributed by atoms with Crippen molar-refractivity contribution in [3.05, 3.63) is 65.0 Å². The van der Waals surface area contributed by atoms with E-state index in [0.29, 0.717) is 25.9 Å². The summed E-state index contributed by atoms with van der Waals surface area (Å²) in [7, 11) is 0. The van der Waals surface area contributed by atoms with Gasteiger partial charge in [-0.05, 0) is 18.4 Å². The molecule has 0 aromatic heterocycles. The maximum absolute atomic E-state index is 13.7. The van der Waals surface area contributed by atoms with Crippen LogP contribution in [0.25, 0.3) is 0 Å². The highest BCUT2D eigenvalue weighted by molar-refractivity contribution is 5.85. The lowest BCUT2D eigenvalue weighted by Gasteiger charge is -2.32. The molecule has 1 heterocycles. The van der Waals surface area contributed by atoms with Gasteiger partial charge in [-0.3, -0.25) is 4.90 Å². The minimum Gasteiger partial charge on any atom is -0.484 e. The van der Waals surface area contributed by atoms with Crippen LogP contribution in [0.15, 0.2) is 30.3 Å². The first-order chi connectivity index (χ1) is 12.0. The first-order valence-corrected chi connectivity index (χ1v) is 7.91. The standard InChI is InChI=1S/C18H16F5NO.ClH/c19-13-14(20)16(22)18(17(23)15(13)21)25-12-6-8-24(9-7-12)10-11-4-2-1-3-5-11;/h1-5,12H,6-10H2;1H. The fraction of sp³-hybridized carbons (Fsp3) is 0.333. The van der Waals surface area contributed by atoms with Gasteiger partial charge >= 0.3 is 0 Å². The van der Waals surface area contributed by atoms with E-state index in [9.17, 15) is 22.0 Å². The molecule has 8 heteroatoms. The summed E-state index contributed by atoms with van der Waals surface area (Å²) in [5.41, 5.74) is 1.14. The molecule has 0 bridgehead atoms. The highest BCUT2D eigenvalue weighted by Gasteiger charge is 2.30. The van der Waals surface area contributed by atoms with Crippen molar-refractivity contribution in [3.8, 4) is 5.75 Å². The molecule has 142 valence electrons. The largest absolute Gasteiger partial charge is 0.484 e. The van der Waals surface area contributed by atoms with Crippen LogP contribution < -0.4 is 4.74 Å². The molecule has 2 aromatic rings. The van der Waals surface area contributed by atoms with Crippen molar-refractivity contribution in [2.75, 3.05) is 13.1 Å². The predicted molar refractivity (Wildman–Crippen MR) is 88.8 cm³/mol. The molecule has 0 saturated carbocycles. The fourth-order valence-corrected chi connectivity index (χ4v) is 2.88. The summed E-state index contributed by atoms with van der Waals surface area (Å²) in [6.45, 7) is 1.94. The molecule has 2 nitrogen and oxygen atoms in total. The third-order valence-electron chi connectivity index (χ3n) is 4.24. The highest BCUT2D eigenvalue weighted by atomic mass is 35.5. The Morgan fingerprint density at radius 3 is 1.85 bits per heavy atom. The lowest BCUT2D eigenvalue weighted by atomic mass is 10.1. The summed E-state index contributed by atoms with van der Waals surface area (Å²) in [4.78, 5) is 2.15. The molecule has 0 unspecified atom stereocenters. The Morgan fingerprint density at radius 1 is 0.808 bits per heavy atom. The van der Waals surface area contributed by atoms with Crippen LogP contribution in [0.4, 0.5) is 22.0 Å². The lowest BCUT2D eigenvalue weighted by Crippen LogP contribution is -2.38. The van der Waals surface area contributed by atoms with E-state index in [2.05, 4.69) is 4.90 Å². The Balaban J connectivity index is 0.00000243. The molecule has 0 aliphatic carbocycles. The molecule has 0 spiro atoms. The third-order valence-corrected chi connectivity index (χ3v) is 4.24. The number of rotatable bonds is 4. The lowest BCUT2D eigenvalue weighted by molar-refractivity contribution is 0.0877. The van der Waals surface area contributed by atoms with Crippen molar-refractivity contribution in [2.24, 2.45) is 0 Å². The summed E-state index contributed by atoms with van der Waals surface area (Å²) >= 11 is 0. The average molecular weight is 394 g/mol. The van der Waals surface area contributed by atoms with Crippen molar-refractivity contribution in [3.63, 3.8) is 0 Å². The van der Waals surface area contributed by atoms with E-state index in [-0.39, 0.29) is 12.4 Å². The molecule has 26 heavy (non-hydrogen) atoms. The first kappa shape index (κ1) is 20.5. The summed E-state index contributed by atoms with van der Waals surface area (Å²) < 4.78 is 71.9. The summed E-state index contributed by atoms with van der Waals surface area (Å²) in [6, 6.07) is 9.80. The molecular formula is C18H17ClF5NO. The van der Waals surface area contributed by atoms with Gasteiger partial charge in [-0.1, -0.05) is 30.3 Å². The number of hydrogen-bond donors (Lipinski definition) is 0. The highest BCUT2D eigenvalue weighted by Crippen LogP contribution is 2.31. The molecular weight excluding hydrogens is 377 g/mol. The van der Waals surface area contributed by atoms with Crippen LogP contribution in [-0.2, 0) is 6.54 Å². The van der Waals surface area contributed by atoms with Gasteiger partial charge in [0.2, 0.25) is 29.1 Å². The van der Waals surface area contributed by atoms with Crippen molar-refractivity contribution in [2.45, 2.75) is 25.5 Å². The van der Waals surface area contributed by atoms with Crippen molar-refractivity contribution in [1.82, 2.24) is 4.90 Å². The fourth-order valence-electron chi connectivity index (χ4n) is 2.88. The van der Waals surface area contributed by atoms with Gasteiger partial charge in [0.1, 0.15) is 6.10 Å². The number of hydrogen-bond acceptors (Lipinski definition) is 2. The van der Waals surface area contributed by atoms with Crippen LogP contribution in [0.5, 0.6) is 5.75 Å². The minimum absolute atomic E-state index is 0. The molecule has 0 radical (unpaired) electrons. The number of halogens is 6. The maximum atomic E-state index is 13.7. The van der Waals surface area contributed by atoms with Crippen LogP contribution >= 0.6 is 12.4 Å². The van der Waals surface area contributed by atoms with Crippen molar-refractivity contribution < 1.29 is 26.7 Å². The molecule has 1 aliphatic rings. The molecule has 0 atom stereocenters. The molecule has 2 aromatic carbocycles. The third kappa shape index (κ3) is 4.27. The van der Waals surface area contributed by atoms with Gasteiger partial charge in [0, 0.05) is 19.6 Å². The van der Waals surface area contributed by atoms with Gasteiger partial charge in [-0.2, -0.15) is 8.78 Å². The number of ether oxygens (including phenoxy) is 1. The SMILES string of the molecule is Cl.Fc1c(F)c(F)c(OC2CCN(Cc3ccccc3)CC2)c(F)c1F. The first-order valence-electron chi connectivity index (χ1n) is 7.91. The van der Waals surface area contributed by atoms with Crippen LogP contribution in [0, 0.1) is 29.1 Å². The maximum Gasteiger partial charge on any atom is 0.207 e. The van der Waals surface area contributed by atoms with E-state index in [0.717, 1.165) is 12.1 Å². The van der Waals surface area contributed by atoms with Crippen LogP contribution in [-0.4, -0.2) is 24.1 Å². The number of piperidine rings is 1. The number of benzene rings is 2. The topological polar surface area (TPSA) is 12.5 Å². The zero-order valence-corrected chi connectivity index (χ0v) is 14.5. The van der Waals surface area contributed by atoms with Crippen LogP contribution in [0.1, 0.15) is 18.4 Å². The van der Waals surface area contributed by atoms with E-state index >= 15 is 0 Å². The Kier molecular flexibility index (Phi) is 6.83. The molecule has 3 rings (SSSR count). The number of likely N-dealkylation sites (tertiary alicyclic amines) is 1. The quantitative estimate of drug-likeness (QED) is 0.418. The Labute approximate surface area is 154 Å². The Morgan fingerprint density at radius 2 is 1.31 bits per heavy atom. The summed E-state index contributed by atoms with van der Waals surface area (Å²) in [5.74, 6) is -11.2. The number of nitrogens with zero attached hydrogens (tertiary/aromatic N) is 1. The molecule has 1 fully saturated rings. The second-order valence-electron chi connectivity index (χ2n) is 5.98. The van der Waals surface area contributed by atoms with Gasteiger partial charge in [-0.15, -0.1) is 12.4 Å².